The lowest BCUT2D eigenvalue weighted by Gasteiger charge is -2.02. The standard InChI is InChI=1S/C13H11NO5/c15-13(16)12-10(17-6-14-12)4-2-8-1-3-9-11(5-8)19-7-18-9/h1,3,5-6H,2,4,7H2,(H,15,16). The molecule has 0 atom stereocenters. The SMILES string of the molecule is O=C(O)c1ncoc1CCc1ccc2c(c1)OCO2. The number of aromatic carboxylic acids is 1. The number of fused-ring (bicyclic) bond motifs is 1. The summed E-state index contributed by atoms with van der Waals surface area (Å²) in [6.07, 6.45) is 2.27. The Hall–Kier alpha value is -2.50. The highest BCUT2D eigenvalue weighted by Crippen LogP contribution is 2.32. The van der Waals surface area contributed by atoms with E-state index in [1.54, 1.807) is 0 Å². The van der Waals surface area contributed by atoms with E-state index >= 15 is 0 Å². The highest BCUT2D eigenvalue weighted by Gasteiger charge is 2.16. The molecule has 0 unspecified atom stereocenters. The molecule has 1 aliphatic rings. The van der Waals surface area contributed by atoms with Gasteiger partial charge in [-0.25, -0.2) is 9.78 Å². The van der Waals surface area contributed by atoms with Crippen molar-refractivity contribution in [3.63, 3.8) is 0 Å². The number of aryl methyl sites for hydroxylation is 2. The molecule has 0 spiro atoms. The lowest BCUT2D eigenvalue weighted by atomic mass is 10.1. The zero-order chi connectivity index (χ0) is 13.2. The summed E-state index contributed by atoms with van der Waals surface area (Å²) >= 11 is 0. The van der Waals surface area contributed by atoms with Gasteiger partial charge in [0.1, 0.15) is 5.76 Å². The fourth-order valence-corrected chi connectivity index (χ4v) is 1.98. The zero-order valence-corrected chi connectivity index (χ0v) is 9.96. The minimum absolute atomic E-state index is 0.0271. The van der Waals surface area contributed by atoms with E-state index in [1.807, 2.05) is 18.2 Å². The molecular weight excluding hydrogens is 250 g/mol. The maximum Gasteiger partial charge on any atom is 0.358 e. The monoisotopic (exact) mass is 261 g/mol. The van der Waals surface area contributed by atoms with E-state index in [1.165, 1.54) is 0 Å². The molecule has 2 aromatic rings. The van der Waals surface area contributed by atoms with Crippen molar-refractivity contribution in [2.75, 3.05) is 6.79 Å². The third kappa shape index (κ3) is 2.24. The molecular formula is C13H11NO5. The molecule has 19 heavy (non-hydrogen) atoms. The molecule has 0 amide bonds. The van der Waals surface area contributed by atoms with E-state index in [-0.39, 0.29) is 12.5 Å². The largest absolute Gasteiger partial charge is 0.476 e. The molecule has 0 aliphatic carbocycles. The van der Waals surface area contributed by atoms with E-state index in [0.717, 1.165) is 17.7 Å². The van der Waals surface area contributed by atoms with Crippen molar-refractivity contribution in [3.05, 3.63) is 41.6 Å². The van der Waals surface area contributed by atoms with Crippen LogP contribution in [0.4, 0.5) is 0 Å². The fourth-order valence-electron chi connectivity index (χ4n) is 1.98. The Morgan fingerprint density at radius 1 is 1.26 bits per heavy atom. The molecule has 1 aliphatic heterocycles. The summed E-state index contributed by atoms with van der Waals surface area (Å²) < 4.78 is 15.6. The second-order valence-electron chi connectivity index (χ2n) is 4.12. The van der Waals surface area contributed by atoms with Gasteiger partial charge in [-0.3, -0.25) is 0 Å². The Morgan fingerprint density at radius 3 is 2.95 bits per heavy atom. The summed E-state index contributed by atoms with van der Waals surface area (Å²) in [5.74, 6) is 0.753. The number of carbonyl (C=O) groups is 1. The highest BCUT2D eigenvalue weighted by molar-refractivity contribution is 5.86. The van der Waals surface area contributed by atoms with Crippen LogP contribution in [0.15, 0.2) is 29.0 Å². The molecule has 1 aromatic heterocycles. The fraction of sp³-hybridized carbons (Fsp3) is 0.231. The summed E-state index contributed by atoms with van der Waals surface area (Å²) in [5, 5.41) is 8.92. The molecule has 0 saturated heterocycles. The number of rotatable bonds is 4. The maximum absolute atomic E-state index is 10.9. The van der Waals surface area contributed by atoms with Gasteiger partial charge < -0.3 is 19.0 Å². The van der Waals surface area contributed by atoms with Crippen molar-refractivity contribution in [1.29, 1.82) is 0 Å². The molecule has 2 heterocycles. The Labute approximate surface area is 108 Å². The van der Waals surface area contributed by atoms with Crippen LogP contribution in [0.3, 0.4) is 0 Å². The Morgan fingerprint density at radius 2 is 2.11 bits per heavy atom. The summed E-state index contributed by atoms with van der Waals surface area (Å²) in [4.78, 5) is 14.6. The van der Waals surface area contributed by atoms with Gasteiger partial charge in [0.2, 0.25) is 6.79 Å². The molecule has 6 nitrogen and oxygen atoms in total. The second kappa shape index (κ2) is 4.64. The third-order valence-corrected chi connectivity index (χ3v) is 2.92. The van der Waals surface area contributed by atoms with Gasteiger partial charge in [-0.15, -0.1) is 0 Å². The highest BCUT2D eigenvalue weighted by atomic mass is 16.7. The first-order valence-corrected chi connectivity index (χ1v) is 5.78. The van der Waals surface area contributed by atoms with Crippen LogP contribution >= 0.6 is 0 Å². The number of nitrogens with zero attached hydrogens (tertiary/aromatic N) is 1. The Balaban J connectivity index is 1.72. The van der Waals surface area contributed by atoms with E-state index in [4.69, 9.17) is 19.0 Å². The van der Waals surface area contributed by atoms with Crippen molar-refractivity contribution in [2.45, 2.75) is 12.8 Å². The average molecular weight is 261 g/mol. The average Bonchev–Trinajstić information content (AvgIpc) is 3.04. The number of oxazole rings is 1. The van der Waals surface area contributed by atoms with Gasteiger partial charge in [0, 0.05) is 6.42 Å². The second-order valence-corrected chi connectivity index (χ2v) is 4.12. The molecule has 0 saturated carbocycles. The topological polar surface area (TPSA) is 81.8 Å². The summed E-state index contributed by atoms with van der Waals surface area (Å²) in [6.45, 7) is 0.240. The van der Waals surface area contributed by atoms with Crippen LogP contribution in [0.5, 0.6) is 11.5 Å². The Kier molecular flexibility index (Phi) is 2.83. The van der Waals surface area contributed by atoms with Gasteiger partial charge in [0.25, 0.3) is 0 Å². The van der Waals surface area contributed by atoms with E-state index in [9.17, 15) is 4.79 Å². The van der Waals surface area contributed by atoms with Crippen LogP contribution in [-0.2, 0) is 12.8 Å². The normalized spacial score (nSPS) is 12.6. The molecule has 0 radical (unpaired) electrons. The summed E-state index contributed by atoms with van der Waals surface area (Å²) in [6, 6.07) is 5.65. The maximum atomic E-state index is 10.9. The molecule has 1 N–H and O–H groups in total. The number of ether oxygens (including phenoxy) is 2. The van der Waals surface area contributed by atoms with Gasteiger partial charge in [0.05, 0.1) is 0 Å². The number of hydrogen-bond donors (Lipinski definition) is 1. The van der Waals surface area contributed by atoms with E-state index in [2.05, 4.69) is 4.98 Å². The van der Waals surface area contributed by atoms with Gasteiger partial charge in [-0.2, -0.15) is 0 Å². The first-order valence-electron chi connectivity index (χ1n) is 5.78. The van der Waals surface area contributed by atoms with Gasteiger partial charge >= 0.3 is 5.97 Å². The minimum atomic E-state index is -1.07. The first-order chi connectivity index (χ1) is 9.24. The van der Waals surface area contributed by atoms with Crippen molar-refractivity contribution >= 4 is 5.97 Å². The van der Waals surface area contributed by atoms with Crippen LogP contribution < -0.4 is 9.47 Å². The van der Waals surface area contributed by atoms with Crippen molar-refractivity contribution < 1.29 is 23.8 Å². The molecule has 98 valence electrons. The number of carboxylic acid groups (broad SMARTS) is 1. The van der Waals surface area contributed by atoms with Gasteiger partial charge in [-0.1, -0.05) is 6.07 Å². The quantitative estimate of drug-likeness (QED) is 0.905. The molecule has 0 bridgehead atoms. The molecule has 0 fully saturated rings. The predicted octanol–water partition coefficient (Wildman–Crippen LogP) is 1.89. The first kappa shape index (κ1) is 11.6. The minimum Gasteiger partial charge on any atom is -0.476 e. The molecule has 6 heteroatoms. The lowest BCUT2D eigenvalue weighted by Crippen LogP contribution is -2.02. The molecule has 1 aromatic carbocycles. The van der Waals surface area contributed by atoms with Crippen molar-refractivity contribution in [3.8, 4) is 11.5 Å². The van der Waals surface area contributed by atoms with Crippen LogP contribution in [0.25, 0.3) is 0 Å². The smallest absolute Gasteiger partial charge is 0.358 e. The number of aromatic nitrogens is 1. The Bertz CT molecular complexity index is 619. The third-order valence-electron chi connectivity index (χ3n) is 2.92. The number of carboxylic acids is 1. The lowest BCUT2D eigenvalue weighted by molar-refractivity contribution is 0.0688. The van der Waals surface area contributed by atoms with Crippen LogP contribution in [-0.4, -0.2) is 22.9 Å². The summed E-state index contributed by atoms with van der Waals surface area (Å²) in [7, 11) is 0. The van der Waals surface area contributed by atoms with Crippen LogP contribution in [0.2, 0.25) is 0 Å². The van der Waals surface area contributed by atoms with Crippen LogP contribution in [0, 0.1) is 0 Å². The van der Waals surface area contributed by atoms with E-state index < -0.39 is 5.97 Å². The predicted molar refractivity (Wildman–Crippen MR) is 63.4 cm³/mol. The van der Waals surface area contributed by atoms with E-state index in [0.29, 0.717) is 24.4 Å². The van der Waals surface area contributed by atoms with Crippen LogP contribution in [0.1, 0.15) is 21.8 Å². The van der Waals surface area contributed by atoms with Gasteiger partial charge in [0.15, 0.2) is 23.6 Å². The zero-order valence-electron chi connectivity index (χ0n) is 9.96. The van der Waals surface area contributed by atoms with Crippen molar-refractivity contribution in [2.24, 2.45) is 0 Å². The van der Waals surface area contributed by atoms with Crippen molar-refractivity contribution in [1.82, 2.24) is 4.98 Å². The molecule has 3 rings (SSSR count). The van der Waals surface area contributed by atoms with Gasteiger partial charge in [-0.05, 0) is 24.1 Å². The number of hydrogen-bond acceptors (Lipinski definition) is 5. The number of benzene rings is 1. The summed E-state index contributed by atoms with van der Waals surface area (Å²) in [5.41, 5.74) is 0.998.